The summed E-state index contributed by atoms with van der Waals surface area (Å²) >= 11 is 0. The van der Waals surface area contributed by atoms with Crippen LogP contribution in [0.1, 0.15) is 51.6 Å². The number of nitrogens with one attached hydrogen (secondary N) is 2. The Hall–Kier alpha value is -3.30. The van der Waals surface area contributed by atoms with Gasteiger partial charge in [0, 0.05) is 11.8 Å². The van der Waals surface area contributed by atoms with Gasteiger partial charge in [0.15, 0.2) is 5.75 Å². The molecular weight excluding hydrogens is 394 g/mol. The van der Waals surface area contributed by atoms with Crippen LogP contribution in [0.15, 0.2) is 23.4 Å². The minimum atomic E-state index is -0.944. The molecule has 30 heavy (non-hydrogen) atoms. The van der Waals surface area contributed by atoms with Crippen molar-refractivity contribution < 1.29 is 28.7 Å². The number of ether oxygens (including phenoxy) is 3. The van der Waals surface area contributed by atoms with Crippen molar-refractivity contribution in [1.29, 1.82) is 0 Å². The van der Waals surface area contributed by atoms with Crippen LogP contribution in [-0.2, 0) is 9.53 Å². The van der Waals surface area contributed by atoms with Crippen LogP contribution in [0.25, 0.3) is 0 Å². The summed E-state index contributed by atoms with van der Waals surface area (Å²) in [5, 5.41) is 16.9. The van der Waals surface area contributed by atoms with E-state index in [0.717, 1.165) is 12.8 Å². The summed E-state index contributed by atoms with van der Waals surface area (Å²) in [6.45, 7) is 5.92. The molecule has 0 aromatic heterocycles. The van der Waals surface area contributed by atoms with Gasteiger partial charge < -0.3 is 24.8 Å². The zero-order valence-corrected chi connectivity index (χ0v) is 17.6. The zero-order valence-electron chi connectivity index (χ0n) is 17.6. The smallest absolute Gasteiger partial charge is 0.338 e. The Bertz CT molecular complexity index is 851. The SMILES string of the molecule is CCCCOc1c(OC)cc(C2NC(=O)NC(C)=C2C(=O)OCCC)cc1[N+](=O)[O-]. The second-order valence-electron chi connectivity index (χ2n) is 6.74. The largest absolute Gasteiger partial charge is 0.493 e. The molecule has 0 radical (unpaired) electrons. The lowest BCUT2D eigenvalue weighted by Gasteiger charge is -2.28. The van der Waals surface area contributed by atoms with Gasteiger partial charge in [-0.1, -0.05) is 20.3 Å². The summed E-state index contributed by atoms with van der Waals surface area (Å²) in [5.41, 5.74) is 0.472. The highest BCUT2D eigenvalue weighted by molar-refractivity contribution is 5.95. The van der Waals surface area contributed by atoms with Gasteiger partial charge in [-0.2, -0.15) is 0 Å². The lowest BCUT2D eigenvalue weighted by Crippen LogP contribution is -2.45. The van der Waals surface area contributed by atoms with Crippen molar-refractivity contribution >= 4 is 17.7 Å². The molecule has 10 heteroatoms. The van der Waals surface area contributed by atoms with Gasteiger partial charge in [0.05, 0.1) is 36.9 Å². The molecule has 0 saturated carbocycles. The molecule has 2 rings (SSSR count). The average Bonchev–Trinajstić information content (AvgIpc) is 2.71. The number of esters is 1. The van der Waals surface area contributed by atoms with Gasteiger partial charge in [0.25, 0.3) is 0 Å². The molecule has 1 heterocycles. The minimum absolute atomic E-state index is 0.00997. The molecule has 0 bridgehead atoms. The maximum atomic E-state index is 12.6. The van der Waals surface area contributed by atoms with Gasteiger partial charge >= 0.3 is 17.7 Å². The van der Waals surface area contributed by atoms with Crippen molar-refractivity contribution in [3.05, 3.63) is 39.1 Å². The number of nitrogens with zero attached hydrogens (tertiary/aromatic N) is 1. The molecule has 0 saturated heterocycles. The maximum absolute atomic E-state index is 12.6. The van der Waals surface area contributed by atoms with Crippen molar-refractivity contribution in [2.75, 3.05) is 20.3 Å². The number of carbonyl (C=O) groups is 2. The predicted molar refractivity (Wildman–Crippen MR) is 108 cm³/mol. The number of nitro benzene ring substituents is 1. The Morgan fingerprint density at radius 3 is 2.57 bits per heavy atom. The number of carbonyl (C=O) groups excluding carboxylic acids is 2. The molecule has 1 aliphatic heterocycles. The lowest BCUT2D eigenvalue weighted by atomic mass is 9.94. The first kappa shape index (κ1) is 23.0. The number of unbranched alkanes of at least 4 members (excludes halogenated alkanes) is 1. The van der Waals surface area contributed by atoms with Crippen molar-refractivity contribution in [3.8, 4) is 11.5 Å². The number of hydrogen-bond acceptors (Lipinski definition) is 7. The third-order valence-electron chi connectivity index (χ3n) is 4.48. The second kappa shape index (κ2) is 10.5. The Morgan fingerprint density at radius 2 is 1.97 bits per heavy atom. The van der Waals surface area contributed by atoms with E-state index >= 15 is 0 Å². The van der Waals surface area contributed by atoms with Crippen molar-refractivity contribution in [3.63, 3.8) is 0 Å². The molecule has 1 unspecified atom stereocenters. The molecule has 10 nitrogen and oxygen atoms in total. The highest BCUT2D eigenvalue weighted by atomic mass is 16.6. The Morgan fingerprint density at radius 1 is 1.23 bits per heavy atom. The zero-order chi connectivity index (χ0) is 22.3. The standard InChI is InChI=1S/C20H27N3O7/c1-5-7-9-29-18-14(23(26)27)10-13(11-15(18)28-4)17-16(19(24)30-8-6-2)12(3)21-20(25)22-17/h10-11,17H,5-9H2,1-4H3,(H2,21,22,25). The minimum Gasteiger partial charge on any atom is -0.493 e. The van der Waals surface area contributed by atoms with Crippen LogP contribution in [0.5, 0.6) is 11.5 Å². The van der Waals surface area contributed by atoms with E-state index in [0.29, 0.717) is 24.3 Å². The second-order valence-corrected chi connectivity index (χ2v) is 6.74. The van der Waals surface area contributed by atoms with Crippen LogP contribution in [0, 0.1) is 10.1 Å². The van der Waals surface area contributed by atoms with Crippen LogP contribution in [-0.4, -0.2) is 37.2 Å². The third kappa shape index (κ3) is 5.19. The summed E-state index contributed by atoms with van der Waals surface area (Å²) in [5.74, 6) is -0.463. The summed E-state index contributed by atoms with van der Waals surface area (Å²) in [7, 11) is 1.37. The van der Waals surface area contributed by atoms with Gasteiger partial charge in [0.2, 0.25) is 5.75 Å². The first-order chi connectivity index (χ1) is 14.3. The average molecular weight is 421 g/mol. The van der Waals surface area contributed by atoms with Crippen LogP contribution in [0.4, 0.5) is 10.5 Å². The van der Waals surface area contributed by atoms with Crippen LogP contribution < -0.4 is 20.1 Å². The monoisotopic (exact) mass is 421 g/mol. The van der Waals surface area contributed by atoms with Crippen LogP contribution >= 0.6 is 0 Å². The van der Waals surface area contributed by atoms with E-state index in [1.807, 2.05) is 13.8 Å². The van der Waals surface area contributed by atoms with Gasteiger partial charge in [-0.3, -0.25) is 10.1 Å². The van der Waals surface area contributed by atoms with E-state index in [1.165, 1.54) is 19.2 Å². The van der Waals surface area contributed by atoms with Crippen LogP contribution in [0.2, 0.25) is 0 Å². The van der Waals surface area contributed by atoms with Crippen molar-refractivity contribution in [2.24, 2.45) is 0 Å². The summed E-state index contributed by atoms with van der Waals surface area (Å²) in [6.07, 6.45) is 2.22. The molecule has 1 aromatic rings. The molecule has 1 atom stereocenters. The predicted octanol–water partition coefficient (Wildman–Crippen LogP) is 3.36. The van der Waals surface area contributed by atoms with Gasteiger partial charge in [-0.15, -0.1) is 0 Å². The molecule has 0 spiro atoms. The highest BCUT2D eigenvalue weighted by Crippen LogP contribution is 2.41. The molecule has 164 valence electrons. The first-order valence-electron chi connectivity index (χ1n) is 9.78. The summed E-state index contributed by atoms with van der Waals surface area (Å²) < 4.78 is 16.2. The molecule has 1 aromatic carbocycles. The molecule has 1 aliphatic rings. The van der Waals surface area contributed by atoms with E-state index in [-0.39, 0.29) is 29.4 Å². The summed E-state index contributed by atoms with van der Waals surface area (Å²) in [4.78, 5) is 35.8. The number of urea groups is 1. The Kier molecular flexibility index (Phi) is 8.02. The molecule has 2 amide bonds. The normalized spacial score (nSPS) is 15.9. The fourth-order valence-corrected chi connectivity index (χ4v) is 3.01. The Balaban J connectivity index is 2.55. The van der Waals surface area contributed by atoms with E-state index in [9.17, 15) is 19.7 Å². The number of allylic oxidation sites excluding steroid dienone is 1. The first-order valence-corrected chi connectivity index (χ1v) is 9.78. The third-order valence-corrected chi connectivity index (χ3v) is 4.48. The van der Waals surface area contributed by atoms with E-state index in [1.54, 1.807) is 6.92 Å². The van der Waals surface area contributed by atoms with Gasteiger partial charge in [0.1, 0.15) is 0 Å². The Labute approximate surface area is 174 Å². The number of methoxy groups -OCH3 is 1. The summed E-state index contributed by atoms with van der Waals surface area (Å²) in [6, 6.07) is 1.32. The molecule has 0 aliphatic carbocycles. The van der Waals surface area contributed by atoms with Crippen molar-refractivity contribution in [2.45, 2.75) is 46.1 Å². The topological polar surface area (TPSA) is 129 Å². The quantitative estimate of drug-likeness (QED) is 0.256. The van der Waals surface area contributed by atoms with E-state index in [2.05, 4.69) is 10.6 Å². The fourth-order valence-electron chi connectivity index (χ4n) is 3.01. The van der Waals surface area contributed by atoms with Gasteiger partial charge in [-0.05, 0) is 31.4 Å². The molecule has 0 fully saturated rings. The molecular formula is C20H27N3O7. The van der Waals surface area contributed by atoms with Gasteiger partial charge in [-0.25, -0.2) is 9.59 Å². The number of benzene rings is 1. The van der Waals surface area contributed by atoms with Crippen molar-refractivity contribution in [1.82, 2.24) is 10.6 Å². The lowest BCUT2D eigenvalue weighted by molar-refractivity contribution is -0.386. The number of hydrogen-bond donors (Lipinski definition) is 2. The fraction of sp³-hybridized carbons (Fsp3) is 0.500. The number of nitro groups is 1. The van der Waals surface area contributed by atoms with Crippen LogP contribution in [0.3, 0.4) is 0 Å². The van der Waals surface area contributed by atoms with E-state index in [4.69, 9.17) is 14.2 Å². The molecule has 2 N–H and O–H groups in total. The van der Waals surface area contributed by atoms with E-state index < -0.39 is 23.0 Å². The number of rotatable bonds is 10. The maximum Gasteiger partial charge on any atom is 0.338 e. The highest BCUT2D eigenvalue weighted by Gasteiger charge is 2.35. The number of amides is 2.